The SMILES string of the molecule is CC1(C)OB(c2ccc(N3CC[SH](O)(=NC(=O)C(F)(F)F)CC3)cc2)OC1(C)C. The van der Waals surface area contributed by atoms with Crippen LogP contribution in [0.1, 0.15) is 27.7 Å². The fourth-order valence-corrected chi connectivity index (χ4v) is 5.19. The van der Waals surface area contributed by atoms with Gasteiger partial charge in [-0.3, -0.25) is 4.79 Å². The minimum absolute atomic E-state index is 0.0494. The Morgan fingerprint density at radius 2 is 1.59 bits per heavy atom. The molecule has 0 aliphatic carbocycles. The Morgan fingerprint density at radius 1 is 1.10 bits per heavy atom. The van der Waals surface area contributed by atoms with Crippen LogP contribution in [0.25, 0.3) is 0 Å². The van der Waals surface area contributed by atoms with Crippen molar-refractivity contribution in [3.8, 4) is 0 Å². The predicted molar refractivity (Wildman–Crippen MR) is 109 cm³/mol. The van der Waals surface area contributed by atoms with E-state index in [2.05, 4.69) is 4.36 Å². The van der Waals surface area contributed by atoms with E-state index in [-0.39, 0.29) is 11.5 Å². The Bertz CT molecular complexity index is 815. The van der Waals surface area contributed by atoms with Crippen molar-refractivity contribution in [2.75, 3.05) is 29.5 Å². The molecule has 1 N–H and O–H groups in total. The van der Waals surface area contributed by atoms with Gasteiger partial charge in [0.2, 0.25) is 0 Å². The van der Waals surface area contributed by atoms with Gasteiger partial charge in [-0.25, -0.2) is 0 Å². The summed E-state index contributed by atoms with van der Waals surface area (Å²) in [6, 6.07) is 7.57. The van der Waals surface area contributed by atoms with Crippen LogP contribution in [0.5, 0.6) is 0 Å². The van der Waals surface area contributed by atoms with Gasteiger partial charge in [0, 0.05) is 30.3 Å². The second kappa shape index (κ2) is 7.37. The predicted octanol–water partition coefficient (Wildman–Crippen LogP) is 2.44. The van der Waals surface area contributed by atoms with Crippen LogP contribution in [0, 0.1) is 0 Å². The molecule has 0 spiro atoms. The van der Waals surface area contributed by atoms with E-state index in [1.165, 1.54) is 0 Å². The van der Waals surface area contributed by atoms with Crippen LogP contribution in [0.4, 0.5) is 18.9 Å². The monoisotopic (exact) mass is 434 g/mol. The highest BCUT2D eigenvalue weighted by molar-refractivity contribution is 8.00. The summed E-state index contributed by atoms with van der Waals surface area (Å²) in [6.45, 7) is 8.58. The topological polar surface area (TPSA) is 71.4 Å². The van der Waals surface area contributed by atoms with Crippen molar-refractivity contribution in [2.24, 2.45) is 4.36 Å². The quantitative estimate of drug-likeness (QED) is 0.553. The molecule has 0 aromatic heterocycles. The van der Waals surface area contributed by atoms with Crippen molar-refractivity contribution >= 4 is 34.3 Å². The van der Waals surface area contributed by atoms with Gasteiger partial charge in [-0.2, -0.15) is 17.5 Å². The third kappa shape index (κ3) is 4.68. The normalized spacial score (nSPS) is 24.3. The molecule has 2 aliphatic heterocycles. The molecule has 1 aromatic rings. The first-order valence-electron chi connectivity index (χ1n) is 9.37. The highest BCUT2D eigenvalue weighted by atomic mass is 32.3. The summed E-state index contributed by atoms with van der Waals surface area (Å²) in [4.78, 5) is 13.0. The molecule has 2 heterocycles. The van der Waals surface area contributed by atoms with Crippen molar-refractivity contribution in [3.05, 3.63) is 24.3 Å². The second-order valence-corrected chi connectivity index (χ2v) is 11.2. The summed E-state index contributed by atoms with van der Waals surface area (Å²) in [5.74, 6) is -2.10. The summed E-state index contributed by atoms with van der Waals surface area (Å²) < 4.78 is 62.7. The standard InChI is InChI=1S/C18H26BF3N2O4S/c1-16(2)17(3,4)28-19(27-16)13-5-7-14(8-6-13)24-9-11-29(26,12-10-24)23-15(25)18(20,21)22/h5-8,29H,9-12H2,1-4H3,(H,23,25,26). The number of amides is 1. The lowest BCUT2D eigenvalue weighted by atomic mass is 9.79. The maximum atomic E-state index is 12.4. The molecule has 2 saturated heterocycles. The van der Waals surface area contributed by atoms with E-state index < -0.39 is 40.5 Å². The first-order chi connectivity index (χ1) is 13.2. The zero-order chi connectivity index (χ0) is 21.7. The van der Waals surface area contributed by atoms with E-state index in [1.54, 1.807) is 0 Å². The Balaban J connectivity index is 1.66. The molecule has 29 heavy (non-hydrogen) atoms. The van der Waals surface area contributed by atoms with Gasteiger partial charge in [0.05, 0.1) is 11.2 Å². The first-order valence-corrected chi connectivity index (χ1v) is 11.4. The molecule has 0 saturated carbocycles. The van der Waals surface area contributed by atoms with Crippen LogP contribution in [0.3, 0.4) is 0 Å². The molecule has 0 bridgehead atoms. The highest BCUT2D eigenvalue weighted by Gasteiger charge is 2.51. The fraction of sp³-hybridized carbons (Fsp3) is 0.611. The van der Waals surface area contributed by atoms with E-state index in [1.807, 2.05) is 56.9 Å². The largest absolute Gasteiger partial charge is 0.494 e. The van der Waals surface area contributed by atoms with Crippen LogP contribution in [-0.2, 0) is 24.2 Å². The lowest BCUT2D eigenvalue weighted by molar-refractivity contribution is -0.169. The second-order valence-electron chi connectivity index (χ2n) is 8.40. The first kappa shape index (κ1) is 22.3. The summed E-state index contributed by atoms with van der Waals surface area (Å²) in [7, 11) is -3.73. The van der Waals surface area contributed by atoms with Crippen LogP contribution in [0.15, 0.2) is 28.6 Å². The highest BCUT2D eigenvalue weighted by Crippen LogP contribution is 2.36. The van der Waals surface area contributed by atoms with Crippen LogP contribution >= 0.6 is 0 Å². The molecule has 6 nitrogen and oxygen atoms in total. The molecular weight excluding hydrogens is 408 g/mol. The number of anilines is 1. The Hall–Kier alpha value is -1.43. The number of benzene rings is 1. The van der Waals surface area contributed by atoms with E-state index in [4.69, 9.17) is 9.31 Å². The summed E-state index contributed by atoms with van der Waals surface area (Å²) in [5, 5.41) is 0. The molecule has 1 amide bonds. The molecule has 0 atom stereocenters. The molecule has 3 rings (SSSR count). The Morgan fingerprint density at radius 3 is 2.03 bits per heavy atom. The number of rotatable bonds is 2. The molecule has 1 aromatic carbocycles. The number of carbonyl (C=O) groups excluding carboxylic acids is 1. The number of nitrogens with zero attached hydrogens (tertiary/aromatic N) is 2. The van der Waals surface area contributed by atoms with Crippen LogP contribution in [0.2, 0.25) is 0 Å². The minimum Gasteiger partial charge on any atom is -0.399 e. The van der Waals surface area contributed by atoms with Crippen molar-refractivity contribution in [2.45, 2.75) is 45.1 Å². The molecule has 0 radical (unpaired) electrons. The Labute approximate surface area is 169 Å². The zero-order valence-corrected chi connectivity index (χ0v) is 17.8. The summed E-state index contributed by atoms with van der Waals surface area (Å²) >= 11 is 0. The van der Waals surface area contributed by atoms with Crippen LogP contribution in [-0.4, -0.2) is 59.6 Å². The number of carbonyl (C=O) groups is 1. The minimum atomic E-state index is -5.05. The fourth-order valence-electron chi connectivity index (χ4n) is 3.19. The van der Waals surface area contributed by atoms with E-state index >= 15 is 0 Å². The smallest absolute Gasteiger partial charge is 0.399 e. The van der Waals surface area contributed by atoms with Gasteiger partial charge in [0.1, 0.15) is 0 Å². The average molecular weight is 434 g/mol. The van der Waals surface area contributed by atoms with Crippen molar-refractivity contribution < 1.29 is 31.8 Å². The number of hydrogen-bond acceptors (Lipinski definition) is 4. The van der Waals surface area contributed by atoms with Gasteiger partial charge < -0.3 is 18.8 Å². The molecule has 11 heteroatoms. The molecule has 162 valence electrons. The molecular formula is C18H26BF3N2O4S. The van der Waals surface area contributed by atoms with Gasteiger partial charge in [-0.15, -0.1) is 0 Å². The van der Waals surface area contributed by atoms with E-state index in [9.17, 15) is 22.5 Å². The van der Waals surface area contributed by atoms with Gasteiger partial charge in [0.15, 0.2) is 0 Å². The molecule has 2 aliphatic rings. The van der Waals surface area contributed by atoms with Gasteiger partial charge >= 0.3 is 19.2 Å². The average Bonchev–Trinajstić information content (AvgIpc) is 2.82. The number of halogens is 3. The number of hydrogen-bond donors (Lipinski definition) is 2. The number of thiol groups is 1. The summed E-state index contributed by atoms with van der Waals surface area (Å²) in [6.07, 6.45) is -5.05. The maximum absolute atomic E-state index is 12.4. The van der Waals surface area contributed by atoms with E-state index in [0.717, 1.165) is 11.2 Å². The third-order valence-corrected chi connectivity index (χ3v) is 8.15. The third-order valence-electron chi connectivity index (χ3n) is 5.76. The zero-order valence-electron chi connectivity index (χ0n) is 16.9. The lowest BCUT2D eigenvalue weighted by Crippen LogP contribution is -2.44. The molecule has 2 fully saturated rings. The van der Waals surface area contributed by atoms with Gasteiger partial charge in [-0.05, 0) is 45.3 Å². The summed E-state index contributed by atoms with van der Waals surface area (Å²) in [5.41, 5.74) is 0.876. The maximum Gasteiger partial charge on any atom is 0.494 e. The van der Waals surface area contributed by atoms with Crippen molar-refractivity contribution in [3.63, 3.8) is 0 Å². The molecule has 0 unspecified atom stereocenters. The Kier molecular flexibility index (Phi) is 5.66. The van der Waals surface area contributed by atoms with Crippen LogP contribution < -0.4 is 10.4 Å². The van der Waals surface area contributed by atoms with Gasteiger partial charge in [0.25, 0.3) is 0 Å². The number of alkyl halides is 3. The van der Waals surface area contributed by atoms with E-state index in [0.29, 0.717) is 13.1 Å². The lowest BCUT2D eigenvalue weighted by Gasteiger charge is -2.37. The van der Waals surface area contributed by atoms with Crippen molar-refractivity contribution in [1.82, 2.24) is 0 Å². The van der Waals surface area contributed by atoms with Crippen molar-refractivity contribution in [1.29, 1.82) is 0 Å². The van der Waals surface area contributed by atoms with Gasteiger partial charge in [-0.1, -0.05) is 22.2 Å².